The Labute approximate surface area is 141 Å². The Bertz CT molecular complexity index is 719. The van der Waals surface area contributed by atoms with Crippen molar-refractivity contribution in [3.8, 4) is 0 Å². The smallest absolute Gasteiger partial charge is 0.307 e. The molecule has 0 bridgehead atoms. The fourth-order valence-electron chi connectivity index (χ4n) is 3.35. The van der Waals surface area contributed by atoms with Crippen molar-refractivity contribution in [2.24, 2.45) is 0 Å². The lowest BCUT2D eigenvalue weighted by Gasteiger charge is -2.29. The highest BCUT2D eigenvalue weighted by molar-refractivity contribution is 5.97. The first-order chi connectivity index (χ1) is 11.7. The lowest BCUT2D eigenvalue weighted by molar-refractivity contribution is -0.143. The third-order valence-corrected chi connectivity index (χ3v) is 4.56. The van der Waals surface area contributed by atoms with E-state index < -0.39 is 0 Å². The Morgan fingerprint density at radius 1 is 1.33 bits per heavy atom. The Balaban J connectivity index is 1.77. The van der Waals surface area contributed by atoms with Crippen LogP contribution in [0.25, 0.3) is 11.0 Å². The second-order valence-electron chi connectivity index (χ2n) is 6.13. The van der Waals surface area contributed by atoms with E-state index in [1.807, 2.05) is 17.0 Å². The summed E-state index contributed by atoms with van der Waals surface area (Å²) in [7, 11) is 0. The predicted octanol–water partition coefficient (Wildman–Crippen LogP) is 2.90. The summed E-state index contributed by atoms with van der Waals surface area (Å²) in [6.45, 7) is 2.56. The highest BCUT2D eigenvalue weighted by atomic mass is 16.5. The zero-order valence-corrected chi connectivity index (χ0v) is 14.0. The van der Waals surface area contributed by atoms with Gasteiger partial charge in [-0.1, -0.05) is 12.8 Å². The maximum atomic E-state index is 13.0. The van der Waals surface area contributed by atoms with Crippen molar-refractivity contribution in [1.29, 1.82) is 0 Å². The number of hydrogen-bond donors (Lipinski definition) is 1. The van der Waals surface area contributed by atoms with Crippen LogP contribution in [-0.2, 0) is 9.53 Å². The minimum atomic E-state index is -0.252. The van der Waals surface area contributed by atoms with Gasteiger partial charge in [0.25, 0.3) is 5.91 Å². The summed E-state index contributed by atoms with van der Waals surface area (Å²) in [6, 6.07) is 5.69. The van der Waals surface area contributed by atoms with Gasteiger partial charge in [0.1, 0.15) is 0 Å². The average molecular weight is 329 g/mol. The molecule has 3 rings (SSSR count). The van der Waals surface area contributed by atoms with E-state index in [9.17, 15) is 9.59 Å². The van der Waals surface area contributed by atoms with Gasteiger partial charge >= 0.3 is 5.97 Å². The topological polar surface area (TPSA) is 75.3 Å². The molecule has 1 N–H and O–H groups in total. The summed E-state index contributed by atoms with van der Waals surface area (Å²) in [5.74, 6) is -0.278. The van der Waals surface area contributed by atoms with E-state index in [1.165, 1.54) is 0 Å². The van der Waals surface area contributed by atoms with Crippen LogP contribution in [0.1, 0.15) is 49.4 Å². The third kappa shape index (κ3) is 3.58. The predicted molar refractivity (Wildman–Crippen MR) is 90.6 cm³/mol. The molecule has 2 aromatic rings. The number of carbonyl (C=O) groups is 2. The Morgan fingerprint density at radius 2 is 2.12 bits per heavy atom. The van der Waals surface area contributed by atoms with Crippen LogP contribution in [0.2, 0.25) is 0 Å². The van der Waals surface area contributed by atoms with E-state index in [0.717, 1.165) is 36.7 Å². The zero-order valence-electron chi connectivity index (χ0n) is 14.0. The molecule has 0 radical (unpaired) electrons. The first-order valence-corrected chi connectivity index (χ1v) is 8.58. The number of fused-ring (bicyclic) bond motifs is 1. The fourth-order valence-corrected chi connectivity index (χ4v) is 3.35. The lowest BCUT2D eigenvalue weighted by Crippen LogP contribution is -2.40. The molecule has 0 atom stereocenters. The summed E-state index contributed by atoms with van der Waals surface area (Å²) in [5.41, 5.74) is 2.31. The number of aromatic amines is 1. The number of amides is 1. The van der Waals surface area contributed by atoms with Crippen LogP contribution in [0.4, 0.5) is 0 Å². The number of H-pyrrole nitrogens is 1. The normalized spacial score (nSPS) is 14.9. The van der Waals surface area contributed by atoms with E-state index in [-0.39, 0.29) is 24.3 Å². The first-order valence-electron chi connectivity index (χ1n) is 8.58. The second kappa shape index (κ2) is 7.47. The van der Waals surface area contributed by atoms with Crippen LogP contribution in [0.3, 0.4) is 0 Å². The monoisotopic (exact) mass is 329 g/mol. The van der Waals surface area contributed by atoms with Crippen molar-refractivity contribution in [3.05, 3.63) is 30.1 Å². The van der Waals surface area contributed by atoms with E-state index in [1.54, 1.807) is 19.3 Å². The van der Waals surface area contributed by atoms with E-state index >= 15 is 0 Å². The van der Waals surface area contributed by atoms with Crippen LogP contribution in [0.15, 0.2) is 24.5 Å². The molecule has 128 valence electrons. The summed E-state index contributed by atoms with van der Waals surface area (Å²) in [6.07, 6.45) is 6.12. The number of benzene rings is 1. The summed E-state index contributed by atoms with van der Waals surface area (Å²) in [4.78, 5) is 33.8. The number of esters is 1. The van der Waals surface area contributed by atoms with E-state index in [0.29, 0.717) is 18.7 Å². The SMILES string of the molecule is CCOC(=O)CCN(C(=O)c1ccc2nc[nH]c2c1)C1CCCC1. The molecule has 1 amide bonds. The molecule has 0 aliphatic heterocycles. The van der Waals surface area contributed by atoms with Gasteiger partial charge in [0.05, 0.1) is 30.4 Å². The number of imidazole rings is 1. The molecule has 1 aliphatic rings. The molecular formula is C18H23N3O3. The minimum absolute atomic E-state index is 0.0253. The van der Waals surface area contributed by atoms with E-state index in [4.69, 9.17) is 4.74 Å². The molecule has 6 heteroatoms. The van der Waals surface area contributed by atoms with Gasteiger partial charge in [-0.05, 0) is 38.0 Å². The Morgan fingerprint density at radius 3 is 2.88 bits per heavy atom. The van der Waals surface area contributed by atoms with Crippen molar-refractivity contribution < 1.29 is 14.3 Å². The molecule has 1 aromatic carbocycles. The largest absolute Gasteiger partial charge is 0.466 e. The van der Waals surface area contributed by atoms with Crippen molar-refractivity contribution in [1.82, 2.24) is 14.9 Å². The zero-order chi connectivity index (χ0) is 16.9. The molecule has 0 saturated heterocycles. The Hall–Kier alpha value is -2.37. The van der Waals surface area contributed by atoms with Gasteiger partial charge in [-0.2, -0.15) is 0 Å². The first kappa shape index (κ1) is 16.5. The molecule has 6 nitrogen and oxygen atoms in total. The Kier molecular flexibility index (Phi) is 5.13. The number of carbonyl (C=O) groups excluding carboxylic acids is 2. The van der Waals surface area contributed by atoms with Crippen molar-refractivity contribution >= 4 is 22.9 Å². The van der Waals surface area contributed by atoms with Gasteiger partial charge in [-0.15, -0.1) is 0 Å². The molecular weight excluding hydrogens is 306 g/mol. The number of nitrogens with zero attached hydrogens (tertiary/aromatic N) is 2. The van der Waals surface area contributed by atoms with Gasteiger partial charge < -0.3 is 14.6 Å². The minimum Gasteiger partial charge on any atom is -0.466 e. The molecule has 1 aromatic heterocycles. The number of rotatable bonds is 6. The van der Waals surface area contributed by atoms with Crippen molar-refractivity contribution in [2.75, 3.05) is 13.2 Å². The van der Waals surface area contributed by atoms with Gasteiger partial charge in [0, 0.05) is 18.2 Å². The van der Waals surface area contributed by atoms with Crippen molar-refractivity contribution in [2.45, 2.75) is 45.1 Å². The molecule has 1 saturated carbocycles. The highest BCUT2D eigenvalue weighted by Crippen LogP contribution is 2.26. The van der Waals surface area contributed by atoms with Crippen LogP contribution < -0.4 is 0 Å². The van der Waals surface area contributed by atoms with Crippen LogP contribution in [0.5, 0.6) is 0 Å². The third-order valence-electron chi connectivity index (χ3n) is 4.56. The quantitative estimate of drug-likeness (QED) is 0.827. The molecule has 1 heterocycles. The molecule has 1 aliphatic carbocycles. The lowest BCUT2D eigenvalue weighted by atomic mass is 10.1. The summed E-state index contributed by atoms with van der Waals surface area (Å²) in [5, 5.41) is 0. The van der Waals surface area contributed by atoms with Crippen LogP contribution >= 0.6 is 0 Å². The van der Waals surface area contributed by atoms with Gasteiger partial charge in [-0.25, -0.2) is 4.98 Å². The molecule has 0 spiro atoms. The number of hydrogen-bond acceptors (Lipinski definition) is 4. The molecule has 0 unspecified atom stereocenters. The van der Waals surface area contributed by atoms with Gasteiger partial charge in [0.2, 0.25) is 0 Å². The maximum Gasteiger partial charge on any atom is 0.307 e. The van der Waals surface area contributed by atoms with Gasteiger partial charge in [-0.3, -0.25) is 9.59 Å². The summed E-state index contributed by atoms with van der Waals surface area (Å²) >= 11 is 0. The number of nitrogens with one attached hydrogen (secondary N) is 1. The van der Waals surface area contributed by atoms with E-state index in [2.05, 4.69) is 9.97 Å². The van der Waals surface area contributed by atoms with Crippen LogP contribution in [0, 0.1) is 0 Å². The molecule has 24 heavy (non-hydrogen) atoms. The maximum absolute atomic E-state index is 13.0. The average Bonchev–Trinajstić information content (AvgIpc) is 3.26. The second-order valence-corrected chi connectivity index (χ2v) is 6.13. The summed E-state index contributed by atoms with van der Waals surface area (Å²) < 4.78 is 5.00. The standard InChI is InChI=1S/C18H23N3O3/c1-2-24-17(22)9-10-21(14-5-3-4-6-14)18(23)13-7-8-15-16(11-13)20-12-19-15/h7-8,11-12,14H,2-6,9-10H2,1H3,(H,19,20). The number of ether oxygens (including phenoxy) is 1. The van der Waals surface area contributed by atoms with Crippen molar-refractivity contribution in [3.63, 3.8) is 0 Å². The molecule has 1 fully saturated rings. The fraction of sp³-hybridized carbons (Fsp3) is 0.500. The number of aromatic nitrogens is 2. The highest BCUT2D eigenvalue weighted by Gasteiger charge is 2.28. The van der Waals surface area contributed by atoms with Crippen LogP contribution in [-0.4, -0.2) is 45.9 Å². The van der Waals surface area contributed by atoms with Gasteiger partial charge in [0.15, 0.2) is 0 Å².